The van der Waals surface area contributed by atoms with Crippen LogP contribution in [0.1, 0.15) is 27.7 Å². The summed E-state index contributed by atoms with van der Waals surface area (Å²) in [6.07, 6.45) is 2.94. The highest BCUT2D eigenvalue weighted by Crippen LogP contribution is 2.45. The summed E-state index contributed by atoms with van der Waals surface area (Å²) in [5.74, 6) is -0.554. The Hall–Kier alpha value is 0.260. The molecule has 0 aromatic heterocycles. The second-order valence-electron chi connectivity index (χ2n) is 6.12. The number of rotatable bonds is 6. The van der Waals surface area contributed by atoms with Crippen molar-refractivity contribution in [2.45, 2.75) is 38.8 Å². The molecule has 1 N–H and O–H groups in total. The highest BCUT2D eigenvalue weighted by Gasteiger charge is 2.52. The zero-order valence-electron chi connectivity index (χ0n) is 13.6. The molecule has 0 saturated carbocycles. The Morgan fingerprint density at radius 3 is 1.36 bits per heavy atom. The quantitative estimate of drug-likeness (QED) is 0.544. The number of hydrogen-bond donors (Lipinski definition) is 1. The highest BCUT2D eigenvalue weighted by atomic mass is 33.1. The van der Waals surface area contributed by atoms with Gasteiger partial charge in [-0.1, -0.05) is 0 Å². The van der Waals surface area contributed by atoms with Crippen molar-refractivity contribution < 1.29 is 22.0 Å². The highest BCUT2D eigenvalue weighted by molar-refractivity contribution is 8.72. The van der Waals surface area contributed by atoms with E-state index in [2.05, 4.69) is 0 Å². The first-order valence-corrected chi connectivity index (χ1v) is 13.3. The Morgan fingerprint density at radius 1 is 0.864 bits per heavy atom. The molecule has 10 heteroatoms. The minimum atomic E-state index is -3.42. The van der Waals surface area contributed by atoms with E-state index in [1.54, 1.807) is 27.7 Å². The van der Waals surface area contributed by atoms with Crippen LogP contribution in [-0.2, 0) is 17.7 Å². The second-order valence-corrected chi connectivity index (χ2v) is 14.6. The van der Waals surface area contributed by atoms with Gasteiger partial charge in [-0.3, -0.25) is 0 Å². The average molecular weight is 390 g/mol. The van der Waals surface area contributed by atoms with Gasteiger partial charge in [0.15, 0.2) is 0 Å². The molecule has 0 spiro atoms. The number of nitrogens with zero attached hydrogens (tertiary/aromatic N) is 1. The zero-order chi connectivity index (χ0) is 17.6. The molecule has 0 amide bonds. The van der Waals surface area contributed by atoms with Gasteiger partial charge >= 0.3 is 0 Å². The maximum atomic E-state index is 12.0. The predicted octanol–water partition coefficient (Wildman–Crippen LogP) is 1.93. The summed E-state index contributed by atoms with van der Waals surface area (Å²) < 4.78 is 48.1. The molecule has 6 nitrogen and oxygen atoms in total. The molecule has 0 saturated heterocycles. The maximum Gasteiger partial charge on any atom is 0.205 e. The molecule has 0 bridgehead atoms. The van der Waals surface area contributed by atoms with Crippen molar-refractivity contribution in [3.63, 3.8) is 0 Å². The Labute approximate surface area is 140 Å². The second kappa shape index (κ2) is 6.29. The Morgan fingerprint density at radius 2 is 1.14 bits per heavy atom. The Balaban J connectivity index is 3.53. The summed E-state index contributed by atoms with van der Waals surface area (Å²) in [4.78, 5) is 0. The van der Waals surface area contributed by atoms with E-state index in [9.17, 15) is 22.0 Å². The first-order chi connectivity index (χ1) is 9.71. The van der Waals surface area contributed by atoms with Gasteiger partial charge in [0.25, 0.3) is 0 Å². The van der Waals surface area contributed by atoms with Crippen molar-refractivity contribution in [3.05, 3.63) is 11.1 Å². The zero-order valence-corrected chi connectivity index (χ0v) is 16.8. The largest absolute Gasteiger partial charge is 0.312 e. The van der Waals surface area contributed by atoms with Crippen LogP contribution in [0.15, 0.2) is 11.1 Å². The SMILES string of the molecule is CSS(=O)(=O)CC1=C(CS(=O)(=O)SC)C(C)(C)N(O)C1(C)C. The molecule has 1 aliphatic rings. The standard InChI is InChI=1S/C12H23NO5S4/c1-11(2)9(7-21(15,16)19-5)10(8-22(17,18)20-6)12(3,4)13(11)14/h14H,7-8H2,1-6H3. The third-order valence-electron chi connectivity index (χ3n) is 4.05. The fourth-order valence-electron chi connectivity index (χ4n) is 2.69. The van der Waals surface area contributed by atoms with E-state index < -0.39 is 28.8 Å². The molecule has 0 unspecified atom stereocenters. The van der Waals surface area contributed by atoms with E-state index in [1.807, 2.05) is 0 Å². The van der Waals surface area contributed by atoms with Crippen LogP contribution in [0, 0.1) is 0 Å². The van der Waals surface area contributed by atoms with Gasteiger partial charge in [0.1, 0.15) is 0 Å². The van der Waals surface area contributed by atoms with Gasteiger partial charge in [-0.15, -0.1) is 0 Å². The molecule has 1 rings (SSSR count). The monoisotopic (exact) mass is 389 g/mol. The van der Waals surface area contributed by atoms with E-state index in [-0.39, 0.29) is 11.5 Å². The van der Waals surface area contributed by atoms with Crippen molar-refractivity contribution in [2.24, 2.45) is 0 Å². The molecule has 0 aliphatic carbocycles. The van der Waals surface area contributed by atoms with E-state index in [4.69, 9.17) is 0 Å². The number of hydroxylamine groups is 2. The average Bonchev–Trinajstić information content (AvgIpc) is 2.51. The smallest absolute Gasteiger partial charge is 0.205 e. The first kappa shape index (κ1) is 20.3. The van der Waals surface area contributed by atoms with Crippen molar-refractivity contribution >= 4 is 39.3 Å². The first-order valence-electron chi connectivity index (χ1n) is 6.50. The molecule has 0 fully saturated rings. The van der Waals surface area contributed by atoms with Crippen LogP contribution in [0.25, 0.3) is 0 Å². The topological polar surface area (TPSA) is 91.8 Å². The van der Waals surface area contributed by atoms with Crippen molar-refractivity contribution in [1.29, 1.82) is 0 Å². The van der Waals surface area contributed by atoms with Crippen LogP contribution in [0.5, 0.6) is 0 Å². The van der Waals surface area contributed by atoms with Crippen LogP contribution in [0.4, 0.5) is 0 Å². The molecule has 1 aliphatic heterocycles. The van der Waals surface area contributed by atoms with Gasteiger partial charge in [-0.25, -0.2) is 16.8 Å². The summed E-state index contributed by atoms with van der Waals surface area (Å²) in [6.45, 7) is 6.77. The van der Waals surface area contributed by atoms with Crippen molar-refractivity contribution in [1.82, 2.24) is 5.06 Å². The van der Waals surface area contributed by atoms with Crippen LogP contribution in [0.3, 0.4) is 0 Å². The van der Waals surface area contributed by atoms with Gasteiger partial charge in [-0.05, 0) is 72.9 Å². The minimum Gasteiger partial charge on any atom is -0.312 e. The van der Waals surface area contributed by atoms with E-state index >= 15 is 0 Å². The lowest BCUT2D eigenvalue weighted by atomic mass is 9.93. The summed E-state index contributed by atoms with van der Waals surface area (Å²) in [5, 5.41) is 11.5. The maximum absolute atomic E-state index is 12.0. The Kier molecular flexibility index (Phi) is 5.80. The van der Waals surface area contributed by atoms with Gasteiger partial charge in [-0.2, -0.15) is 5.06 Å². The molecular weight excluding hydrogens is 366 g/mol. The molecule has 0 aromatic carbocycles. The lowest BCUT2D eigenvalue weighted by Crippen LogP contribution is -2.49. The summed E-state index contributed by atoms with van der Waals surface area (Å²) >= 11 is 0. The van der Waals surface area contributed by atoms with Crippen LogP contribution in [-0.4, -0.2) is 62.2 Å². The summed E-state index contributed by atoms with van der Waals surface area (Å²) in [5.41, 5.74) is -0.996. The fraction of sp³-hybridized carbons (Fsp3) is 0.833. The van der Waals surface area contributed by atoms with E-state index in [1.165, 1.54) is 12.5 Å². The molecule has 0 aromatic rings. The third-order valence-corrected chi connectivity index (χ3v) is 10.1. The van der Waals surface area contributed by atoms with Crippen molar-refractivity contribution in [2.75, 3.05) is 24.0 Å². The molecule has 0 radical (unpaired) electrons. The van der Waals surface area contributed by atoms with E-state index in [0.717, 1.165) is 26.7 Å². The Bertz CT molecular complexity index is 618. The van der Waals surface area contributed by atoms with Gasteiger partial charge in [0, 0.05) is 0 Å². The molecule has 1 heterocycles. The van der Waals surface area contributed by atoms with E-state index in [0.29, 0.717) is 11.1 Å². The lowest BCUT2D eigenvalue weighted by Gasteiger charge is -2.37. The fourth-order valence-corrected chi connectivity index (χ4v) is 6.10. The normalized spacial score (nSPS) is 22.3. The number of hydrogen-bond acceptors (Lipinski definition) is 8. The van der Waals surface area contributed by atoms with Crippen molar-refractivity contribution in [3.8, 4) is 0 Å². The van der Waals surface area contributed by atoms with Crippen LogP contribution < -0.4 is 0 Å². The molecular formula is C12H23NO5S4. The van der Waals surface area contributed by atoms with Gasteiger partial charge in [0.2, 0.25) is 17.7 Å². The van der Waals surface area contributed by atoms with Gasteiger partial charge < -0.3 is 5.21 Å². The van der Waals surface area contributed by atoms with Gasteiger partial charge in [0.05, 0.1) is 22.6 Å². The molecule has 130 valence electrons. The molecule has 0 atom stereocenters. The third kappa shape index (κ3) is 3.84. The predicted molar refractivity (Wildman–Crippen MR) is 93.4 cm³/mol. The van der Waals surface area contributed by atoms with Crippen LogP contribution >= 0.6 is 21.6 Å². The molecule has 22 heavy (non-hydrogen) atoms. The minimum absolute atomic E-state index is 0.277. The van der Waals surface area contributed by atoms with Crippen LogP contribution in [0.2, 0.25) is 0 Å². The lowest BCUT2D eigenvalue weighted by molar-refractivity contribution is -0.186. The summed E-state index contributed by atoms with van der Waals surface area (Å²) in [7, 11) is -5.40. The summed E-state index contributed by atoms with van der Waals surface area (Å²) in [6, 6.07) is 0.